The lowest BCUT2D eigenvalue weighted by Crippen LogP contribution is -2.68. The maximum absolute atomic E-state index is 11.1. The zero-order valence-electron chi connectivity index (χ0n) is 17.1. The van der Waals surface area contributed by atoms with Gasteiger partial charge < -0.3 is 67.8 Å². The molecule has 1 saturated carbocycles. The van der Waals surface area contributed by atoms with E-state index in [1.165, 1.54) is 0 Å². The molecule has 14 atom stereocenters. The van der Waals surface area contributed by atoms with Crippen molar-refractivity contribution < 1.29 is 44.8 Å². The van der Waals surface area contributed by atoms with Crippen LogP contribution in [0.5, 0.6) is 0 Å². The Morgan fingerprint density at radius 2 is 1.48 bits per heavy atom. The van der Waals surface area contributed by atoms with Crippen molar-refractivity contribution in [3.8, 4) is 0 Å². The molecule has 182 valence electrons. The zero-order chi connectivity index (χ0) is 23.0. The highest BCUT2D eigenvalue weighted by Crippen LogP contribution is 2.36. The third-order valence-electron chi connectivity index (χ3n) is 6.68. The van der Waals surface area contributed by atoms with E-state index in [4.69, 9.17) is 37.1 Å². The van der Waals surface area contributed by atoms with Gasteiger partial charge in [-0.1, -0.05) is 0 Å². The monoisotopic (exact) mass is 452 g/mol. The molecule has 0 spiro atoms. The maximum atomic E-state index is 11.1. The van der Waals surface area contributed by atoms with Crippen molar-refractivity contribution in [2.75, 3.05) is 13.2 Å². The molecule has 0 amide bonds. The third kappa shape index (κ3) is 4.89. The van der Waals surface area contributed by atoms with Gasteiger partial charge in [-0.2, -0.15) is 0 Å². The molecular weight excluding hydrogens is 416 g/mol. The summed E-state index contributed by atoms with van der Waals surface area (Å²) in [6.07, 6.45) is -11.0. The number of ether oxygens (including phenoxy) is 3. The van der Waals surface area contributed by atoms with Crippen LogP contribution in [0.2, 0.25) is 0 Å². The van der Waals surface area contributed by atoms with Gasteiger partial charge in [-0.05, 0) is 6.42 Å². The molecule has 0 radical (unpaired) electrons. The second-order valence-corrected chi connectivity index (χ2v) is 8.76. The van der Waals surface area contributed by atoms with Crippen molar-refractivity contribution >= 4 is 0 Å². The summed E-state index contributed by atoms with van der Waals surface area (Å²) in [5, 5.41) is 61.1. The van der Waals surface area contributed by atoms with Crippen LogP contribution in [0.4, 0.5) is 0 Å². The number of hydrogen-bond donors (Lipinski definition) is 10. The van der Waals surface area contributed by atoms with Gasteiger partial charge in [0.2, 0.25) is 0 Å². The molecule has 2 saturated heterocycles. The summed E-state index contributed by atoms with van der Waals surface area (Å²) in [4.78, 5) is 0. The number of aliphatic hydroxyl groups is 6. The van der Waals surface area contributed by atoms with E-state index in [1.807, 2.05) is 0 Å². The minimum atomic E-state index is -1.43. The normalized spacial score (nSPS) is 54.0. The van der Waals surface area contributed by atoms with Crippen LogP contribution in [0.1, 0.15) is 12.8 Å². The van der Waals surface area contributed by atoms with Crippen molar-refractivity contribution in [1.29, 1.82) is 0 Å². The Balaban J connectivity index is 1.75. The van der Waals surface area contributed by atoms with Gasteiger partial charge in [-0.3, -0.25) is 0 Å². The summed E-state index contributed by atoms with van der Waals surface area (Å²) in [6, 6.07) is -2.46. The molecule has 31 heavy (non-hydrogen) atoms. The minimum absolute atomic E-state index is 0.0290. The maximum Gasteiger partial charge on any atom is 0.186 e. The molecule has 0 aromatic rings. The molecule has 0 aromatic heterocycles. The Kier molecular flexibility index (Phi) is 8.24. The summed E-state index contributed by atoms with van der Waals surface area (Å²) in [7, 11) is 0. The van der Waals surface area contributed by atoms with E-state index in [9.17, 15) is 30.6 Å². The molecule has 2 aliphatic heterocycles. The van der Waals surface area contributed by atoms with E-state index < -0.39 is 91.9 Å². The lowest BCUT2D eigenvalue weighted by Gasteiger charge is -2.50. The van der Waals surface area contributed by atoms with Crippen molar-refractivity contribution in [2.45, 2.75) is 92.2 Å². The fourth-order valence-corrected chi connectivity index (χ4v) is 4.82. The lowest BCUT2D eigenvalue weighted by molar-refractivity contribution is -0.306. The molecule has 1 aliphatic carbocycles. The van der Waals surface area contributed by atoms with Gasteiger partial charge in [0, 0.05) is 31.0 Å². The van der Waals surface area contributed by atoms with Gasteiger partial charge in [-0.15, -0.1) is 0 Å². The quantitative estimate of drug-likeness (QED) is 0.187. The van der Waals surface area contributed by atoms with Crippen LogP contribution in [-0.4, -0.2) is 123 Å². The molecule has 14 N–H and O–H groups in total. The first-order chi connectivity index (χ1) is 14.6. The predicted molar refractivity (Wildman–Crippen MR) is 105 cm³/mol. The van der Waals surface area contributed by atoms with Gasteiger partial charge in [-0.25, -0.2) is 0 Å². The van der Waals surface area contributed by atoms with Crippen LogP contribution in [0.15, 0.2) is 0 Å². The summed E-state index contributed by atoms with van der Waals surface area (Å²) >= 11 is 0. The minimum Gasteiger partial charge on any atom is -0.394 e. The molecule has 13 nitrogen and oxygen atoms in total. The molecule has 13 heteroatoms. The Bertz CT molecular complexity index is 590. The smallest absolute Gasteiger partial charge is 0.186 e. The fourth-order valence-electron chi connectivity index (χ4n) is 4.82. The molecule has 3 rings (SSSR count). The van der Waals surface area contributed by atoms with Crippen LogP contribution >= 0.6 is 0 Å². The Morgan fingerprint density at radius 1 is 0.806 bits per heavy atom. The SMILES string of the molecule is NCC1OC(C2C(N)CC(N)C(OC3OC(CO)C(O)C(N)C3O)C2O)CC(O)C1O. The second-order valence-electron chi connectivity index (χ2n) is 8.76. The molecule has 0 aromatic carbocycles. The lowest BCUT2D eigenvalue weighted by atomic mass is 9.73. The van der Waals surface area contributed by atoms with E-state index in [1.54, 1.807) is 0 Å². The molecule has 3 aliphatic rings. The summed E-state index contributed by atoms with van der Waals surface area (Å²) in [5.41, 5.74) is 23.8. The van der Waals surface area contributed by atoms with Crippen molar-refractivity contribution in [1.82, 2.24) is 0 Å². The van der Waals surface area contributed by atoms with Gasteiger partial charge in [0.25, 0.3) is 0 Å². The number of hydrogen-bond acceptors (Lipinski definition) is 13. The molecule has 14 unspecified atom stereocenters. The van der Waals surface area contributed by atoms with Crippen LogP contribution in [0.3, 0.4) is 0 Å². The largest absolute Gasteiger partial charge is 0.394 e. The summed E-state index contributed by atoms with van der Waals surface area (Å²) in [5.74, 6) is -0.713. The predicted octanol–water partition coefficient (Wildman–Crippen LogP) is -5.99. The average Bonchev–Trinajstić information content (AvgIpc) is 2.73. The zero-order valence-corrected chi connectivity index (χ0v) is 17.1. The van der Waals surface area contributed by atoms with Gasteiger partial charge >= 0.3 is 0 Å². The standard InChI is InChI=1S/C18H36N4O9/c19-3-9-13(25)7(24)2-8(29-9)11-5(20)1-6(21)17(15(11)27)31-18-16(28)12(22)14(26)10(4-23)30-18/h5-18,23-28H,1-4,19-22H2. The van der Waals surface area contributed by atoms with E-state index in [-0.39, 0.29) is 19.4 Å². The molecular formula is C18H36N4O9. The van der Waals surface area contributed by atoms with E-state index in [0.717, 1.165) is 0 Å². The van der Waals surface area contributed by atoms with Crippen LogP contribution in [-0.2, 0) is 14.2 Å². The highest BCUT2D eigenvalue weighted by Gasteiger charge is 2.52. The van der Waals surface area contributed by atoms with Gasteiger partial charge in [0.05, 0.1) is 37.1 Å². The van der Waals surface area contributed by atoms with Gasteiger partial charge in [0.1, 0.15) is 30.5 Å². The highest BCUT2D eigenvalue weighted by molar-refractivity contribution is 5.03. The van der Waals surface area contributed by atoms with E-state index in [0.29, 0.717) is 0 Å². The van der Waals surface area contributed by atoms with Crippen molar-refractivity contribution in [3.63, 3.8) is 0 Å². The average molecular weight is 453 g/mol. The molecule has 0 bridgehead atoms. The van der Waals surface area contributed by atoms with Crippen molar-refractivity contribution in [3.05, 3.63) is 0 Å². The van der Waals surface area contributed by atoms with Crippen LogP contribution in [0, 0.1) is 5.92 Å². The summed E-state index contributed by atoms with van der Waals surface area (Å²) in [6.45, 7) is -0.581. The number of rotatable bonds is 5. The topological polar surface area (TPSA) is 253 Å². The Morgan fingerprint density at radius 3 is 2.10 bits per heavy atom. The molecule has 3 fully saturated rings. The Hall–Kier alpha value is -0.520. The second kappa shape index (κ2) is 10.2. The Labute approximate surface area is 179 Å². The first-order valence-corrected chi connectivity index (χ1v) is 10.5. The summed E-state index contributed by atoms with van der Waals surface area (Å²) < 4.78 is 17.0. The highest BCUT2D eigenvalue weighted by atomic mass is 16.7. The number of nitrogens with two attached hydrogens (primary N) is 4. The van der Waals surface area contributed by atoms with E-state index in [2.05, 4.69) is 0 Å². The van der Waals surface area contributed by atoms with Crippen LogP contribution in [0.25, 0.3) is 0 Å². The first-order valence-electron chi connectivity index (χ1n) is 10.5. The number of aliphatic hydroxyl groups excluding tert-OH is 6. The van der Waals surface area contributed by atoms with Crippen LogP contribution < -0.4 is 22.9 Å². The van der Waals surface area contributed by atoms with Gasteiger partial charge in [0.15, 0.2) is 6.29 Å². The van der Waals surface area contributed by atoms with Crippen molar-refractivity contribution in [2.24, 2.45) is 28.9 Å². The fraction of sp³-hybridized carbons (Fsp3) is 1.00. The van der Waals surface area contributed by atoms with E-state index >= 15 is 0 Å². The first kappa shape index (κ1) is 25.1. The molecule has 2 heterocycles. The third-order valence-corrected chi connectivity index (χ3v) is 6.68.